The maximum atomic E-state index is 12.7. The first-order valence-electron chi connectivity index (χ1n) is 12.4. The number of rotatable bonds is 13. The normalized spacial score (nSPS) is 27.0. The van der Waals surface area contributed by atoms with Gasteiger partial charge in [0.05, 0.1) is 12.7 Å². The first-order valence-corrected chi connectivity index (χ1v) is 13.9. The van der Waals surface area contributed by atoms with Crippen molar-refractivity contribution >= 4 is 19.6 Å². The molecule has 0 spiro atoms. The minimum Gasteiger partial charge on any atom is -0.396 e. The molecule has 1 rings (SSSR count). The van der Waals surface area contributed by atoms with E-state index in [1.807, 2.05) is 0 Å². The Hall–Kier alpha value is -1.15. The Bertz CT molecular complexity index is 716. The molecule has 1 heterocycles. The maximum Gasteiger partial charge on any atom is 0.474 e. The number of ether oxygens (including phenoxy) is 1. The number of hydrogen-bond donors (Lipinski definition) is 7. The summed E-state index contributed by atoms with van der Waals surface area (Å²) < 4.78 is 27.9. The highest BCUT2D eigenvalue weighted by Gasteiger charge is 2.39. The van der Waals surface area contributed by atoms with Gasteiger partial charge in [0.2, 0.25) is 11.8 Å². The number of carbonyl (C=O) groups is 2. The Morgan fingerprint density at radius 2 is 1.97 bits per heavy atom. The van der Waals surface area contributed by atoms with Gasteiger partial charge < -0.3 is 40.9 Å². The van der Waals surface area contributed by atoms with E-state index in [0.717, 1.165) is 39.7 Å². The first-order chi connectivity index (χ1) is 16.9. The van der Waals surface area contributed by atoms with Crippen molar-refractivity contribution in [3.63, 3.8) is 0 Å². The molecule has 0 aromatic heterocycles. The molecule has 1 saturated heterocycles. The molecule has 13 nitrogen and oxygen atoms in total. The van der Waals surface area contributed by atoms with Crippen LogP contribution in [0.15, 0.2) is 0 Å². The number of nitrogens with one attached hydrogen (secondary N) is 3. The molecule has 0 radical (unpaired) electrons. The van der Waals surface area contributed by atoms with Crippen LogP contribution in [0.5, 0.6) is 0 Å². The zero-order valence-corrected chi connectivity index (χ0v) is 22.5. The Morgan fingerprint density at radius 3 is 2.56 bits per heavy atom. The van der Waals surface area contributed by atoms with Gasteiger partial charge in [0.15, 0.2) is 6.29 Å². The molecule has 14 heteroatoms. The number of hydrogen-bond acceptors (Lipinski definition) is 10. The molecule has 1 aliphatic heterocycles. The van der Waals surface area contributed by atoms with Gasteiger partial charge in [-0.25, -0.2) is 4.57 Å². The molecule has 0 bridgehead atoms. The average Bonchev–Trinajstić information content (AvgIpc) is 2.84. The van der Waals surface area contributed by atoms with E-state index in [9.17, 15) is 29.3 Å². The summed E-state index contributed by atoms with van der Waals surface area (Å²) >= 11 is 0. The van der Waals surface area contributed by atoms with Crippen LogP contribution in [-0.4, -0.2) is 96.0 Å². The van der Waals surface area contributed by atoms with Gasteiger partial charge in [-0.05, 0) is 44.1 Å². The topological polar surface area (TPSA) is 196 Å². The molecule has 1 fully saturated rings. The monoisotopic (exact) mass is 541 g/mol. The summed E-state index contributed by atoms with van der Waals surface area (Å²) in [5.41, 5.74) is 0. The molecule has 8 atom stereocenters. The zero-order chi connectivity index (χ0) is 27.3. The lowest BCUT2D eigenvalue weighted by Gasteiger charge is -2.33. The molecule has 0 aromatic rings. The largest absolute Gasteiger partial charge is 0.474 e. The summed E-state index contributed by atoms with van der Waals surface area (Å²) in [6, 6.07) is -2.38. The number of methoxy groups -OCH3 is 1. The second-order valence-corrected chi connectivity index (χ2v) is 10.7. The Balaban J connectivity index is 2.87. The third kappa shape index (κ3) is 11.9. The number of aliphatic hydroxyl groups excluding tert-OH is 3. The van der Waals surface area contributed by atoms with Crippen molar-refractivity contribution in [2.24, 2.45) is 11.8 Å². The third-order valence-electron chi connectivity index (χ3n) is 6.23. The number of carbonyl (C=O) groups excluding carboxylic acids is 2. The van der Waals surface area contributed by atoms with Gasteiger partial charge in [0.25, 0.3) is 0 Å². The summed E-state index contributed by atoms with van der Waals surface area (Å²) in [5.74, 6) is -0.0491. The SMILES string of the molecule is CCC1CCNC(=O)C(COP(=O)(O)O[C@@H](OC)C(NC(C)=O)C(O)C(O)CCO)NCCC(C)C1. The minimum atomic E-state index is -4.86. The van der Waals surface area contributed by atoms with Gasteiger partial charge in [-0.1, -0.05) is 20.3 Å². The number of aliphatic hydroxyl groups is 3. The van der Waals surface area contributed by atoms with E-state index in [1.165, 1.54) is 0 Å². The highest BCUT2D eigenvalue weighted by molar-refractivity contribution is 7.47. The molecular formula is C22H44N3O10P. The maximum absolute atomic E-state index is 12.7. The molecule has 212 valence electrons. The smallest absolute Gasteiger partial charge is 0.396 e. The van der Waals surface area contributed by atoms with Crippen molar-refractivity contribution in [3.8, 4) is 0 Å². The predicted molar refractivity (Wildman–Crippen MR) is 131 cm³/mol. The van der Waals surface area contributed by atoms with E-state index in [2.05, 4.69) is 29.8 Å². The van der Waals surface area contributed by atoms with Gasteiger partial charge in [-0.15, -0.1) is 0 Å². The highest BCUT2D eigenvalue weighted by Crippen LogP contribution is 2.45. The molecule has 2 amide bonds. The van der Waals surface area contributed by atoms with Crippen LogP contribution in [0.3, 0.4) is 0 Å². The van der Waals surface area contributed by atoms with Crippen molar-refractivity contribution in [2.75, 3.05) is 33.4 Å². The standard InChI is InChI=1S/C22H44N3O10P/c1-5-16-7-10-24-21(30)17(23-9-6-14(2)12-16)13-34-36(31,32)35-22(33-4)19(25-15(3)27)20(29)18(28)8-11-26/h14,16-20,22-23,26,28-29H,5-13H2,1-4H3,(H,24,30)(H,25,27)(H,31,32)/t14?,16?,17?,18?,19?,20?,22-/m1/s1. The van der Waals surface area contributed by atoms with Crippen LogP contribution in [0.1, 0.15) is 52.9 Å². The van der Waals surface area contributed by atoms with Crippen molar-refractivity contribution in [2.45, 2.75) is 83.5 Å². The first kappa shape index (κ1) is 32.9. The van der Waals surface area contributed by atoms with Crippen molar-refractivity contribution < 1.29 is 48.2 Å². The summed E-state index contributed by atoms with van der Waals surface area (Å²) in [6.07, 6.45) is -1.36. The van der Waals surface area contributed by atoms with Gasteiger partial charge in [0, 0.05) is 27.2 Å². The van der Waals surface area contributed by atoms with E-state index < -0.39 is 57.5 Å². The molecule has 36 heavy (non-hydrogen) atoms. The van der Waals surface area contributed by atoms with Crippen molar-refractivity contribution in [1.29, 1.82) is 0 Å². The highest BCUT2D eigenvalue weighted by atomic mass is 31.2. The average molecular weight is 542 g/mol. The zero-order valence-electron chi connectivity index (χ0n) is 21.6. The van der Waals surface area contributed by atoms with Crippen LogP contribution < -0.4 is 16.0 Å². The second kappa shape index (κ2) is 16.6. The summed E-state index contributed by atoms with van der Waals surface area (Å²) in [7, 11) is -3.75. The summed E-state index contributed by atoms with van der Waals surface area (Å²) in [5, 5.41) is 37.6. The van der Waals surface area contributed by atoms with Crippen LogP contribution in [0.4, 0.5) is 0 Å². The van der Waals surface area contributed by atoms with E-state index in [4.69, 9.17) is 18.9 Å². The molecule has 1 aliphatic rings. The van der Waals surface area contributed by atoms with Gasteiger partial charge in [-0.2, -0.15) is 0 Å². The summed E-state index contributed by atoms with van der Waals surface area (Å²) in [4.78, 5) is 34.6. The van der Waals surface area contributed by atoms with Crippen LogP contribution in [0.2, 0.25) is 0 Å². The number of phosphoric ester groups is 1. The van der Waals surface area contributed by atoms with Crippen LogP contribution in [0, 0.1) is 11.8 Å². The van der Waals surface area contributed by atoms with E-state index in [1.54, 1.807) is 0 Å². The predicted octanol–water partition coefficient (Wildman–Crippen LogP) is -0.378. The molecule has 7 unspecified atom stereocenters. The molecule has 0 aliphatic carbocycles. The van der Waals surface area contributed by atoms with Crippen LogP contribution in [-0.2, 0) is 27.9 Å². The number of phosphoric acid groups is 1. The fourth-order valence-corrected chi connectivity index (χ4v) is 4.98. The van der Waals surface area contributed by atoms with E-state index >= 15 is 0 Å². The minimum absolute atomic E-state index is 0.221. The molecule has 0 aromatic carbocycles. The van der Waals surface area contributed by atoms with Crippen molar-refractivity contribution in [3.05, 3.63) is 0 Å². The lowest BCUT2D eigenvalue weighted by molar-refractivity contribution is -0.146. The second-order valence-electron chi connectivity index (χ2n) is 9.26. The van der Waals surface area contributed by atoms with Gasteiger partial charge >= 0.3 is 7.82 Å². The third-order valence-corrected chi connectivity index (χ3v) is 7.18. The Kier molecular flexibility index (Phi) is 15.2. The number of amides is 2. The van der Waals surface area contributed by atoms with Crippen LogP contribution >= 0.6 is 7.82 Å². The fraction of sp³-hybridized carbons (Fsp3) is 0.909. The summed E-state index contributed by atoms with van der Waals surface area (Å²) in [6.45, 7) is 5.48. The lowest BCUT2D eigenvalue weighted by Crippen LogP contribution is -2.55. The fourth-order valence-electron chi connectivity index (χ4n) is 4.11. The quantitative estimate of drug-likeness (QED) is 0.119. The Morgan fingerprint density at radius 1 is 1.28 bits per heavy atom. The van der Waals surface area contributed by atoms with Crippen LogP contribution in [0.25, 0.3) is 0 Å². The molecular weight excluding hydrogens is 497 g/mol. The van der Waals surface area contributed by atoms with Gasteiger partial charge in [-0.3, -0.25) is 18.6 Å². The Labute approximate surface area is 212 Å². The molecule has 0 saturated carbocycles. The van der Waals surface area contributed by atoms with Gasteiger partial charge in [0.1, 0.15) is 18.2 Å². The van der Waals surface area contributed by atoms with E-state index in [-0.39, 0.29) is 12.3 Å². The van der Waals surface area contributed by atoms with Crippen molar-refractivity contribution in [1.82, 2.24) is 16.0 Å². The van der Waals surface area contributed by atoms with E-state index in [0.29, 0.717) is 24.9 Å². The lowest BCUT2D eigenvalue weighted by atomic mass is 9.89. The molecule has 7 N–H and O–H groups in total.